The average molecular weight is 268 g/mol. The SMILES string of the molecule is CCOC(c1ncc(CNCC(C)C)s1)C1CC1. The number of hydrogen-bond acceptors (Lipinski definition) is 4. The van der Waals surface area contributed by atoms with Crippen molar-refractivity contribution in [2.75, 3.05) is 13.2 Å². The van der Waals surface area contributed by atoms with Crippen LogP contribution in [0.4, 0.5) is 0 Å². The molecule has 18 heavy (non-hydrogen) atoms. The maximum atomic E-state index is 5.84. The molecular weight excluding hydrogens is 244 g/mol. The van der Waals surface area contributed by atoms with E-state index in [0.29, 0.717) is 11.8 Å². The van der Waals surface area contributed by atoms with E-state index in [9.17, 15) is 0 Å². The largest absolute Gasteiger partial charge is 0.371 e. The molecule has 1 saturated carbocycles. The molecule has 4 heteroatoms. The summed E-state index contributed by atoms with van der Waals surface area (Å²) in [5.41, 5.74) is 0. The van der Waals surface area contributed by atoms with Crippen molar-refractivity contribution in [2.24, 2.45) is 11.8 Å². The number of nitrogens with zero attached hydrogens (tertiary/aromatic N) is 1. The van der Waals surface area contributed by atoms with Crippen LogP contribution < -0.4 is 5.32 Å². The fourth-order valence-electron chi connectivity index (χ4n) is 2.01. The summed E-state index contributed by atoms with van der Waals surface area (Å²) >= 11 is 1.80. The summed E-state index contributed by atoms with van der Waals surface area (Å²) in [6.45, 7) is 9.28. The van der Waals surface area contributed by atoms with E-state index in [0.717, 1.165) is 19.7 Å². The van der Waals surface area contributed by atoms with Crippen LogP contribution in [0.3, 0.4) is 0 Å². The van der Waals surface area contributed by atoms with Crippen LogP contribution in [0.1, 0.15) is 49.6 Å². The lowest BCUT2D eigenvalue weighted by Gasteiger charge is -2.12. The van der Waals surface area contributed by atoms with Gasteiger partial charge in [0.05, 0.1) is 0 Å². The van der Waals surface area contributed by atoms with Crippen LogP contribution in [0.5, 0.6) is 0 Å². The fraction of sp³-hybridized carbons (Fsp3) is 0.786. The fourth-order valence-corrected chi connectivity index (χ4v) is 3.04. The van der Waals surface area contributed by atoms with Crippen molar-refractivity contribution in [2.45, 2.75) is 46.3 Å². The Hall–Kier alpha value is -0.450. The zero-order valence-corrected chi connectivity index (χ0v) is 12.4. The lowest BCUT2D eigenvalue weighted by molar-refractivity contribution is 0.0462. The number of hydrogen-bond donors (Lipinski definition) is 1. The van der Waals surface area contributed by atoms with Gasteiger partial charge in [-0.3, -0.25) is 0 Å². The zero-order valence-electron chi connectivity index (χ0n) is 11.6. The monoisotopic (exact) mass is 268 g/mol. The van der Waals surface area contributed by atoms with Gasteiger partial charge in [-0.1, -0.05) is 13.8 Å². The van der Waals surface area contributed by atoms with Crippen LogP contribution in [-0.4, -0.2) is 18.1 Å². The first kappa shape index (κ1) is 14.0. The van der Waals surface area contributed by atoms with Crippen molar-refractivity contribution in [3.8, 4) is 0 Å². The molecule has 3 nitrogen and oxygen atoms in total. The van der Waals surface area contributed by atoms with Crippen molar-refractivity contribution in [3.63, 3.8) is 0 Å². The van der Waals surface area contributed by atoms with E-state index in [1.165, 1.54) is 22.7 Å². The van der Waals surface area contributed by atoms with Crippen LogP contribution in [0.25, 0.3) is 0 Å². The highest BCUT2D eigenvalue weighted by Gasteiger charge is 2.34. The van der Waals surface area contributed by atoms with Crippen LogP contribution in [0.15, 0.2) is 6.20 Å². The van der Waals surface area contributed by atoms with Gasteiger partial charge in [0, 0.05) is 24.2 Å². The minimum Gasteiger partial charge on any atom is -0.371 e. The molecule has 2 rings (SSSR count). The number of rotatable bonds is 8. The van der Waals surface area contributed by atoms with E-state index in [2.05, 4.69) is 31.1 Å². The molecule has 1 heterocycles. The Bertz CT molecular complexity index is 360. The van der Waals surface area contributed by atoms with Gasteiger partial charge in [0.2, 0.25) is 0 Å². The second-order valence-electron chi connectivity index (χ2n) is 5.40. The van der Waals surface area contributed by atoms with Gasteiger partial charge in [-0.2, -0.15) is 0 Å². The van der Waals surface area contributed by atoms with Crippen molar-refractivity contribution < 1.29 is 4.74 Å². The summed E-state index contributed by atoms with van der Waals surface area (Å²) < 4.78 is 5.84. The molecule has 1 atom stereocenters. The molecule has 0 bridgehead atoms. The van der Waals surface area contributed by atoms with Gasteiger partial charge in [0.15, 0.2) is 0 Å². The molecule has 0 saturated heterocycles. The zero-order chi connectivity index (χ0) is 13.0. The molecule has 1 aliphatic rings. The standard InChI is InChI=1S/C14H24N2OS/c1-4-17-13(11-5-6-11)14-16-9-12(18-14)8-15-7-10(2)3/h9-11,13,15H,4-8H2,1-3H3. The van der Waals surface area contributed by atoms with E-state index in [1.54, 1.807) is 11.3 Å². The van der Waals surface area contributed by atoms with Crippen molar-refractivity contribution in [1.82, 2.24) is 10.3 Å². The van der Waals surface area contributed by atoms with E-state index in [4.69, 9.17) is 4.74 Å². The summed E-state index contributed by atoms with van der Waals surface area (Å²) in [7, 11) is 0. The second kappa shape index (κ2) is 6.64. The minimum absolute atomic E-state index is 0.249. The third-order valence-electron chi connectivity index (χ3n) is 3.06. The van der Waals surface area contributed by atoms with Crippen molar-refractivity contribution in [1.29, 1.82) is 0 Å². The Morgan fingerprint density at radius 3 is 2.89 bits per heavy atom. The van der Waals surface area contributed by atoms with Gasteiger partial charge in [-0.25, -0.2) is 4.98 Å². The molecular formula is C14H24N2OS. The van der Waals surface area contributed by atoms with E-state index < -0.39 is 0 Å². The first-order valence-electron chi connectivity index (χ1n) is 6.97. The third-order valence-corrected chi connectivity index (χ3v) is 4.12. The summed E-state index contributed by atoms with van der Waals surface area (Å²) in [5.74, 6) is 1.41. The number of nitrogens with one attached hydrogen (secondary N) is 1. The summed E-state index contributed by atoms with van der Waals surface area (Å²) in [6.07, 6.45) is 4.84. The Balaban J connectivity index is 1.87. The second-order valence-corrected chi connectivity index (χ2v) is 6.55. The van der Waals surface area contributed by atoms with Crippen LogP contribution in [0.2, 0.25) is 0 Å². The lowest BCUT2D eigenvalue weighted by atomic mass is 10.2. The summed E-state index contributed by atoms with van der Waals surface area (Å²) in [5, 5.41) is 4.63. The first-order valence-corrected chi connectivity index (χ1v) is 7.79. The Kier molecular flexibility index (Phi) is 5.15. The van der Waals surface area contributed by atoms with E-state index in [-0.39, 0.29) is 6.10 Å². The quantitative estimate of drug-likeness (QED) is 0.785. The Morgan fingerprint density at radius 1 is 1.50 bits per heavy atom. The van der Waals surface area contributed by atoms with Crippen LogP contribution in [-0.2, 0) is 11.3 Å². The maximum Gasteiger partial charge on any atom is 0.122 e. The Morgan fingerprint density at radius 2 is 2.28 bits per heavy atom. The van der Waals surface area contributed by atoms with Gasteiger partial charge in [0.25, 0.3) is 0 Å². The number of ether oxygens (including phenoxy) is 1. The predicted molar refractivity (Wildman–Crippen MR) is 75.7 cm³/mol. The van der Waals surface area contributed by atoms with Crippen LogP contribution >= 0.6 is 11.3 Å². The molecule has 0 amide bonds. The van der Waals surface area contributed by atoms with Crippen molar-refractivity contribution >= 4 is 11.3 Å². The van der Waals surface area contributed by atoms with Gasteiger partial charge in [0.1, 0.15) is 11.1 Å². The molecule has 1 aromatic heterocycles. The maximum absolute atomic E-state index is 5.84. The third kappa shape index (κ3) is 4.04. The predicted octanol–water partition coefficient (Wildman–Crippen LogP) is 3.38. The van der Waals surface area contributed by atoms with Gasteiger partial charge in [-0.05, 0) is 38.1 Å². The number of thiazole rings is 1. The molecule has 0 spiro atoms. The molecule has 0 radical (unpaired) electrons. The molecule has 0 aliphatic heterocycles. The summed E-state index contributed by atoms with van der Waals surface area (Å²) in [4.78, 5) is 5.86. The first-order chi connectivity index (χ1) is 8.70. The highest BCUT2D eigenvalue weighted by molar-refractivity contribution is 7.11. The van der Waals surface area contributed by atoms with Gasteiger partial charge < -0.3 is 10.1 Å². The van der Waals surface area contributed by atoms with Crippen molar-refractivity contribution in [3.05, 3.63) is 16.1 Å². The Labute approximate surface area is 114 Å². The molecule has 1 N–H and O–H groups in total. The molecule has 102 valence electrons. The molecule has 1 unspecified atom stereocenters. The van der Waals surface area contributed by atoms with Gasteiger partial charge in [-0.15, -0.1) is 11.3 Å². The molecule has 0 aromatic carbocycles. The molecule has 1 aromatic rings. The van der Waals surface area contributed by atoms with Gasteiger partial charge >= 0.3 is 0 Å². The normalized spacial score (nSPS) is 17.3. The molecule has 1 aliphatic carbocycles. The minimum atomic E-state index is 0.249. The van der Waals surface area contributed by atoms with E-state index >= 15 is 0 Å². The van der Waals surface area contributed by atoms with E-state index in [1.807, 2.05) is 6.20 Å². The lowest BCUT2D eigenvalue weighted by Crippen LogP contribution is -2.18. The highest BCUT2D eigenvalue weighted by Crippen LogP contribution is 2.44. The molecule has 1 fully saturated rings. The van der Waals surface area contributed by atoms with Crippen LogP contribution in [0, 0.1) is 11.8 Å². The highest BCUT2D eigenvalue weighted by atomic mass is 32.1. The topological polar surface area (TPSA) is 34.1 Å². The average Bonchev–Trinajstić information content (AvgIpc) is 3.06. The smallest absolute Gasteiger partial charge is 0.122 e. The summed E-state index contributed by atoms with van der Waals surface area (Å²) in [6, 6.07) is 0. The number of aromatic nitrogens is 1.